The van der Waals surface area contributed by atoms with Gasteiger partial charge in [-0.2, -0.15) is 0 Å². The molecule has 184 valence electrons. The fourth-order valence-corrected chi connectivity index (χ4v) is 5.78. The first-order chi connectivity index (χ1) is 15.2. The van der Waals surface area contributed by atoms with Crippen LogP contribution in [0, 0.1) is 17.8 Å². The molecule has 2 amide bonds. The van der Waals surface area contributed by atoms with E-state index in [0.29, 0.717) is 12.5 Å². The number of carbonyl (C=O) groups excluding carboxylic acids is 2. The van der Waals surface area contributed by atoms with E-state index in [0.717, 1.165) is 44.9 Å². The normalized spacial score (nSPS) is 38.0. The van der Waals surface area contributed by atoms with Gasteiger partial charge in [-0.25, -0.2) is 4.79 Å². The monoisotopic (exact) mass is 473 g/mol. The zero-order valence-corrected chi connectivity index (χ0v) is 20.9. The summed E-state index contributed by atoms with van der Waals surface area (Å²) in [6.07, 6.45) is 5.62. The Bertz CT molecular complexity index is 669. The van der Waals surface area contributed by atoms with Gasteiger partial charge in [0, 0.05) is 13.0 Å². The van der Waals surface area contributed by atoms with E-state index >= 15 is 0 Å². The summed E-state index contributed by atoms with van der Waals surface area (Å²) in [5, 5.41) is 2.21. The average Bonchev–Trinajstić information content (AvgIpc) is 3.65. The number of unbranched alkanes of at least 4 members (excludes halogenated alkanes) is 2. The van der Waals surface area contributed by atoms with Crippen molar-refractivity contribution < 1.29 is 28.5 Å². The highest BCUT2D eigenvalue weighted by Gasteiger charge is 2.73. The van der Waals surface area contributed by atoms with Crippen molar-refractivity contribution >= 4 is 23.6 Å². The topological polar surface area (TPSA) is 89.7 Å². The molecule has 2 aliphatic heterocycles. The molecule has 2 heterocycles. The zero-order valence-electron chi connectivity index (χ0n) is 20.2. The minimum absolute atomic E-state index is 0.0406. The molecule has 7 nitrogen and oxygen atoms in total. The molecule has 3 aliphatic rings. The third kappa shape index (κ3) is 5.60. The molecule has 0 aromatic heterocycles. The van der Waals surface area contributed by atoms with Crippen molar-refractivity contribution in [2.45, 2.75) is 102 Å². The van der Waals surface area contributed by atoms with E-state index < -0.39 is 18.1 Å². The molecule has 0 aromatic carbocycles. The molecular formula is C24H40ClNO6. The molecule has 0 unspecified atom stereocenters. The number of methoxy groups -OCH3 is 1. The van der Waals surface area contributed by atoms with Crippen LogP contribution in [0.5, 0.6) is 0 Å². The fraction of sp³-hybridized carbons (Fsp3) is 0.917. The Morgan fingerprint density at radius 2 is 1.94 bits per heavy atom. The molecule has 0 radical (unpaired) electrons. The van der Waals surface area contributed by atoms with Gasteiger partial charge in [0.1, 0.15) is 29.3 Å². The van der Waals surface area contributed by atoms with Crippen molar-refractivity contribution in [1.82, 2.24) is 5.32 Å². The Labute approximate surface area is 197 Å². The van der Waals surface area contributed by atoms with Gasteiger partial charge in [0.2, 0.25) is 5.91 Å². The molecule has 0 aromatic rings. The highest BCUT2D eigenvalue weighted by atomic mass is 35.5. The summed E-state index contributed by atoms with van der Waals surface area (Å²) < 4.78 is 24.3. The lowest BCUT2D eigenvalue weighted by atomic mass is 9.63. The quantitative estimate of drug-likeness (QED) is 0.271. The Kier molecular flexibility index (Phi) is 8.51. The van der Waals surface area contributed by atoms with E-state index in [-0.39, 0.29) is 41.1 Å². The maximum Gasteiger partial charge on any atom is 0.414 e. The first kappa shape index (κ1) is 25.7. The van der Waals surface area contributed by atoms with Gasteiger partial charge in [0.15, 0.2) is 0 Å². The fourth-order valence-electron chi connectivity index (χ4n) is 5.72. The van der Waals surface area contributed by atoms with Crippen LogP contribution >= 0.6 is 11.6 Å². The second-order valence-corrected chi connectivity index (χ2v) is 10.6. The van der Waals surface area contributed by atoms with E-state index in [2.05, 4.69) is 33.0 Å². The molecule has 7 atom stereocenters. The van der Waals surface area contributed by atoms with Gasteiger partial charge < -0.3 is 18.9 Å². The van der Waals surface area contributed by atoms with Crippen molar-refractivity contribution in [3.8, 4) is 0 Å². The summed E-state index contributed by atoms with van der Waals surface area (Å²) in [5.74, 6) is -0.203. The van der Waals surface area contributed by atoms with Crippen molar-refractivity contribution in [1.29, 1.82) is 0 Å². The van der Waals surface area contributed by atoms with E-state index in [1.54, 1.807) is 7.11 Å². The average molecular weight is 474 g/mol. The van der Waals surface area contributed by atoms with Gasteiger partial charge in [-0.1, -0.05) is 40.0 Å². The number of rotatable bonds is 11. The summed E-state index contributed by atoms with van der Waals surface area (Å²) in [7, 11) is 1.66. The number of imide groups is 1. The third-order valence-electron chi connectivity index (χ3n) is 7.47. The van der Waals surface area contributed by atoms with Crippen LogP contribution in [0.15, 0.2) is 0 Å². The predicted molar refractivity (Wildman–Crippen MR) is 122 cm³/mol. The smallest absolute Gasteiger partial charge is 0.414 e. The Morgan fingerprint density at radius 1 is 1.22 bits per heavy atom. The SMILES string of the molecule is CCCCC[C@@H]1C[C@]2(CO2)[C@@H]([C@@]2(C)O[C@@H]2CCC(C)C)[C@H](OC)[C@@H]1OC(=O)NC(=O)CCl. The lowest BCUT2D eigenvalue weighted by Crippen LogP contribution is -2.59. The van der Waals surface area contributed by atoms with Crippen LogP contribution in [0.2, 0.25) is 0 Å². The standard InChI is InChI=1S/C24H40ClNO6/c1-6-7-8-9-16-12-24(14-30-24)21(23(4)17(32-23)11-10-15(2)3)20(29-5)19(16)31-22(28)26-18(27)13-25/h15-17,19-21H,6-14H2,1-5H3,(H,26,27,28)/t16-,17-,19-,20-,21-,23+,24+/m1/s1. The molecule has 3 fully saturated rings. The molecular weight excluding hydrogens is 434 g/mol. The van der Waals surface area contributed by atoms with Gasteiger partial charge in [-0.15, -0.1) is 11.6 Å². The number of carbonyl (C=O) groups is 2. The molecule has 2 saturated heterocycles. The number of halogens is 1. The van der Waals surface area contributed by atoms with E-state index in [4.69, 9.17) is 30.5 Å². The third-order valence-corrected chi connectivity index (χ3v) is 7.71. The van der Waals surface area contributed by atoms with Crippen LogP contribution in [0.1, 0.15) is 72.6 Å². The number of alkyl carbamates (subject to hydrolysis) is 1. The van der Waals surface area contributed by atoms with Crippen LogP contribution in [0.4, 0.5) is 4.79 Å². The van der Waals surface area contributed by atoms with Gasteiger partial charge in [-0.3, -0.25) is 10.1 Å². The summed E-state index contributed by atoms with van der Waals surface area (Å²) in [6.45, 7) is 9.43. The number of ether oxygens (including phenoxy) is 4. The number of alkyl halides is 1. The predicted octanol–water partition coefficient (Wildman–Crippen LogP) is 4.44. The van der Waals surface area contributed by atoms with Gasteiger partial charge in [0.25, 0.3) is 0 Å². The van der Waals surface area contributed by atoms with Crippen molar-refractivity contribution in [2.24, 2.45) is 17.8 Å². The van der Waals surface area contributed by atoms with Crippen LogP contribution in [0.25, 0.3) is 0 Å². The second-order valence-electron chi connectivity index (χ2n) is 10.3. The summed E-state index contributed by atoms with van der Waals surface area (Å²) in [4.78, 5) is 24.1. The Hall–Kier alpha value is -0.890. The number of hydrogen-bond acceptors (Lipinski definition) is 6. The molecule has 1 spiro atoms. The lowest BCUT2D eigenvalue weighted by Gasteiger charge is -2.46. The largest absolute Gasteiger partial charge is 0.443 e. The van der Waals surface area contributed by atoms with Crippen molar-refractivity contribution in [3.05, 3.63) is 0 Å². The molecule has 32 heavy (non-hydrogen) atoms. The van der Waals surface area contributed by atoms with Gasteiger partial charge >= 0.3 is 6.09 Å². The van der Waals surface area contributed by atoms with E-state index in [1.165, 1.54) is 0 Å². The first-order valence-corrected chi connectivity index (χ1v) is 12.6. The van der Waals surface area contributed by atoms with Crippen LogP contribution in [0.3, 0.4) is 0 Å². The van der Waals surface area contributed by atoms with Gasteiger partial charge in [-0.05, 0) is 38.5 Å². The highest BCUT2D eigenvalue weighted by Crippen LogP contribution is 2.61. The minimum atomic E-state index is -0.771. The molecule has 0 bridgehead atoms. The summed E-state index contributed by atoms with van der Waals surface area (Å²) in [6, 6.07) is 0. The maximum atomic E-state index is 12.5. The number of amides is 2. The van der Waals surface area contributed by atoms with Crippen molar-refractivity contribution in [2.75, 3.05) is 19.6 Å². The maximum absolute atomic E-state index is 12.5. The van der Waals surface area contributed by atoms with Crippen molar-refractivity contribution in [3.63, 3.8) is 0 Å². The molecule has 1 aliphatic carbocycles. The Balaban J connectivity index is 1.81. The molecule has 3 rings (SSSR count). The number of hydrogen-bond donors (Lipinski definition) is 1. The number of epoxide rings is 2. The zero-order chi connectivity index (χ0) is 23.5. The molecule has 8 heteroatoms. The summed E-state index contributed by atoms with van der Waals surface area (Å²) >= 11 is 5.54. The summed E-state index contributed by atoms with van der Waals surface area (Å²) in [5.41, 5.74) is -0.661. The lowest BCUT2D eigenvalue weighted by molar-refractivity contribution is -0.144. The van der Waals surface area contributed by atoms with Crippen LogP contribution < -0.4 is 5.32 Å². The second kappa shape index (κ2) is 10.6. The van der Waals surface area contributed by atoms with E-state index in [1.807, 2.05) is 0 Å². The van der Waals surface area contributed by atoms with Crippen LogP contribution in [-0.4, -0.2) is 61.1 Å². The van der Waals surface area contributed by atoms with Gasteiger partial charge in [0.05, 0.1) is 18.6 Å². The first-order valence-electron chi connectivity index (χ1n) is 12.1. The minimum Gasteiger partial charge on any atom is -0.443 e. The van der Waals surface area contributed by atoms with E-state index in [9.17, 15) is 9.59 Å². The van der Waals surface area contributed by atoms with Crippen LogP contribution in [-0.2, 0) is 23.7 Å². The highest BCUT2D eigenvalue weighted by molar-refractivity contribution is 6.28. The number of nitrogens with one attached hydrogen (secondary N) is 1. The molecule has 1 saturated carbocycles. The molecule has 1 N–H and O–H groups in total. The Morgan fingerprint density at radius 3 is 2.50 bits per heavy atom.